The van der Waals surface area contributed by atoms with Gasteiger partial charge in [0.2, 0.25) is 6.41 Å². The van der Waals surface area contributed by atoms with Crippen LogP contribution in [0.4, 0.5) is 0 Å². The molecule has 2 aromatic rings. The summed E-state index contributed by atoms with van der Waals surface area (Å²) < 4.78 is 0. The number of benzene rings is 1. The van der Waals surface area contributed by atoms with Gasteiger partial charge in [-0.15, -0.1) is 0 Å². The lowest BCUT2D eigenvalue weighted by Crippen LogP contribution is -2.12. The van der Waals surface area contributed by atoms with E-state index in [2.05, 4.69) is 40.8 Å². The van der Waals surface area contributed by atoms with E-state index in [1.54, 1.807) is 0 Å². The third kappa shape index (κ3) is 4.67. The molecule has 0 fully saturated rings. The maximum Gasteiger partial charge on any atom is 0.207 e. The monoisotopic (exact) mass is 324 g/mol. The molecule has 4 N–H and O–H groups in total. The van der Waals surface area contributed by atoms with Crippen LogP contribution in [-0.2, 0) is 17.9 Å². The quantitative estimate of drug-likeness (QED) is 0.738. The molecule has 0 saturated carbocycles. The largest absolute Gasteiger partial charge is 0.385 e. The molecule has 0 radical (unpaired) electrons. The van der Waals surface area contributed by atoms with Gasteiger partial charge in [-0.25, -0.2) is 0 Å². The summed E-state index contributed by atoms with van der Waals surface area (Å²) >= 11 is 0. The van der Waals surface area contributed by atoms with Gasteiger partial charge in [0.25, 0.3) is 0 Å². The van der Waals surface area contributed by atoms with Gasteiger partial charge < -0.3 is 16.4 Å². The highest BCUT2D eigenvalue weighted by Crippen LogP contribution is 2.28. The zero-order valence-electron chi connectivity index (χ0n) is 14.0. The molecule has 0 bridgehead atoms. The zero-order chi connectivity index (χ0) is 17.2. The maximum atomic E-state index is 10.4. The van der Waals surface area contributed by atoms with E-state index in [1.165, 1.54) is 5.56 Å². The SMILES string of the molecule is CCCN.O=CNCc1cccc(-c2ccnc3c2C=CNC3)c1. The second-order valence-corrected chi connectivity index (χ2v) is 5.42. The van der Waals surface area contributed by atoms with Gasteiger partial charge in [-0.2, -0.15) is 0 Å². The number of nitrogens with two attached hydrogens (primary N) is 1. The van der Waals surface area contributed by atoms with Crippen LogP contribution in [0.3, 0.4) is 0 Å². The van der Waals surface area contributed by atoms with Gasteiger partial charge in [-0.3, -0.25) is 9.78 Å². The molecule has 0 unspecified atom stereocenters. The summed E-state index contributed by atoms with van der Waals surface area (Å²) in [6.45, 7) is 4.17. The molecule has 1 aliphatic heterocycles. The molecule has 0 aliphatic carbocycles. The number of hydrogen-bond donors (Lipinski definition) is 3. The van der Waals surface area contributed by atoms with Crippen molar-refractivity contribution in [1.82, 2.24) is 15.6 Å². The van der Waals surface area contributed by atoms with Crippen molar-refractivity contribution in [3.63, 3.8) is 0 Å². The van der Waals surface area contributed by atoms with Gasteiger partial charge in [0, 0.05) is 18.3 Å². The van der Waals surface area contributed by atoms with E-state index >= 15 is 0 Å². The zero-order valence-corrected chi connectivity index (χ0v) is 14.0. The average Bonchev–Trinajstić information content (AvgIpc) is 2.66. The van der Waals surface area contributed by atoms with Gasteiger partial charge >= 0.3 is 0 Å². The molecule has 0 atom stereocenters. The summed E-state index contributed by atoms with van der Waals surface area (Å²) in [6, 6.07) is 10.2. The van der Waals surface area contributed by atoms with Crippen LogP contribution in [0.15, 0.2) is 42.7 Å². The van der Waals surface area contributed by atoms with Crippen molar-refractivity contribution in [2.75, 3.05) is 6.54 Å². The summed E-state index contributed by atoms with van der Waals surface area (Å²) in [5, 5.41) is 5.86. The van der Waals surface area contributed by atoms with Crippen LogP contribution < -0.4 is 16.4 Å². The van der Waals surface area contributed by atoms with Crippen molar-refractivity contribution in [3.05, 3.63) is 59.5 Å². The second kappa shape index (κ2) is 9.47. The fraction of sp³-hybridized carbons (Fsp3) is 0.263. The van der Waals surface area contributed by atoms with E-state index in [4.69, 9.17) is 5.73 Å². The Morgan fingerprint density at radius 2 is 2.21 bits per heavy atom. The molecular formula is C19H24N4O. The van der Waals surface area contributed by atoms with Crippen LogP contribution >= 0.6 is 0 Å². The van der Waals surface area contributed by atoms with Crippen LogP contribution in [0.5, 0.6) is 0 Å². The number of carbonyl (C=O) groups excluding carboxylic acids is 1. The summed E-state index contributed by atoms with van der Waals surface area (Å²) in [7, 11) is 0. The van der Waals surface area contributed by atoms with E-state index < -0.39 is 0 Å². The molecule has 1 aromatic heterocycles. The minimum absolute atomic E-state index is 0.544. The molecule has 3 rings (SSSR count). The number of hydrogen-bond acceptors (Lipinski definition) is 4. The highest BCUT2D eigenvalue weighted by atomic mass is 16.1. The third-order valence-electron chi connectivity index (χ3n) is 3.63. The van der Waals surface area contributed by atoms with Crippen molar-refractivity contribution in [3.8, 4) is 11.1 Å². The maximum absolute atomic E-state index is 10.4. The third-order valence-corrected chi connectivity index (χ3v) is 3.63. The number of rotatable bonds is 5. The number of amides is 1. The molecule has 24 heavy (non-hydrogen) atoms. The molecule has 126 valence electrons. The Bertz CT molecular complexity index is 696. The first kappa shape index (κ1) is 17.7. The standard InChI is InChI=1S/C16H15N3O.C3H9N/c20-11-18-9-12-2-1-3-13(8-12)14-5-7-19-16-10-17-6-4-15(14)16;1-2-3-4/h1-8,11,17H,9-10H2,(H,18,20);2-4H2,1H3. The predicted octanol–water partition coefficient (Wildman–Crippen LogP) is 2.42. The Morgan fingerprint density at radius 3 is 2.96 bits per heavy atom. The molecular weight excluding hydrogens is 300 g/mol. The van der Waals surface area contributed by atoms with E-state index in [9.17, 15) is 4.79 Å². The van der Waals surface area contributed by atoms with Crippen molar-refractivity contribution in [2.45, 2.75) is 26.4 Å². The highest BCUT2D eigenvalue weighted by Gasteiger charge is 2.11. The molecule has 5 nitrogen and oxygen atoms in total. The van der Waals surface area contributed by atoms with Crippen LogP contribution in [0.25, 0.3) is 17.2 Å². The molecule has 1 amide bonds. The first-order chi connectivity index (χ1) is 11.8. The first-order valence-electron chi connectivity index (χ1n) is 8.14. The normalized spacial score (nSPS) is 11.6. The lowest BCUT2D eigenvalue weighted by Gasteiger charge is -2.15. The topological polar surface area (TPSA) is 80.0 Å². The Morgan fingerprint density at radius 1 is 1.38 bits per heavy atom. The molecule has 5 heteroatoms. The smallest absolute Gasteiger partial charge is 0.207 e. The van der Waals surface area contributed by atoms with Crippen LogP contribution in [0, 0.1) is 0 Å². The van der Waals surface area contributed by atoms with Crippen molar-refractivity contribution < 1.29 is 4.79 Å². The summed E-state index contributed by atoms with van der Waals surface area (Å²) in [5.74, 6) is 0. The summed E-state index contributed by atoms with van der Waals surface area (Å²) in [5.41, 5.74) is 10.6. The Labute approximate surface area is 143 Å². The van der Waals surface area contributed by atoms with Gasteiger partial charge in [0.1, 0.15) is 0 Å². The number of aromatic nitrogens is 1. The van der Waals surface area contributed by atoms with Crippen LogP contribution in [0.2, 0.25) is 0 Å². The van der Waals surface area contributed by atoms with Crippen molar-refractivity contribution >= 4 is 12.5 Å². The molecule has 1 aliphatic rings. The summed E-state index contributed by atoms with van der Waals surface area (Å²) in [4.78, 5) is 14.8. The van der Waals surface area contributed by atoms with E-state index in [0.717, 1.165) is 48.3 Å². The predicted molar refractivity (Wildman–Crippen MR) is 97.8 cm³/mol. The number of carbonyl (C=O) groups is 1. The highest BCUT2D eigenvalue weighted by molar-refractivity contribution is 5.77. The van der Waals surface area contributed by atoms with Crippen LogP contribution in [-0.4, -0.2) is 17.9 Å². The van der Waals surface area contributed by atoms with Gasteiger partial charge in [0.15, 0.2) is 0 Å². The number of nitrogens with zero attached hydrogens (tertiary/aromatic N) is 1. The molecule has 2 heterocycles. The van der Waals surface area contributed by atoms with Crippen molar-refractivity contribution in [1.29, 1.82) is 0 Å². The van der Waals surface area contributed by atoms with E-state index in [1.807, 2.05) is 30.6 Å². The van der Waals surface area contributed by atoms with Gasteiger partial charge in [-0.1, -0.05) is 25.1 Å². The van der Waals surface area contributed by atoms with E-state index in [-0.39, 0.29) is 0 Å². The number of nitrogens with one attached hydrogen (secondary N) is 2. The van der Waals surface area contributed by atoms with Gasteiger partial charge in [-0.05, 0) is 54.1 Å². The molecule has 1 aromatic carbocycles. The minimum atomic E-state index is 0.544. The van der Waals surface area contributed by atoms with Gasteiger partial charge in [0.05, 0.1) is 12.2 Å². The minimum Gasteiger partial charge on any atom is -0.385 e. The lowest BCUT2D eigenvalue weighted by molar-refractivity contribution is -0.109. The van der Waals surface area contributed by atoms with Crippen molar-refractivity contribution in [2.24, 2.45) is 5.73 Å². The Balaban J connectivity index is 0.000000471. The lowest BCUT2D eigenvalue weighted by atomic mass is 9.96. The Hall–Kier alpha value is -2.66. The number of pyridine rings is 1. The Kier molecular flexibility index (Phi) is 6.98. The van der Waals surface area contributed by atoms with E-state index in [0.29, 0.717) is 6.54 Å². The first-order valence-corrected chi connectivity index (χ1v) is 8.14. The summed E-state index contributed by atoms with van der Waals surface area (Å²) in [6.07, 6.45) is 7.66. The second-order valence-electron chi connectivity index (χ2n) is 5.42. The fourth-order valence-electron chi connectivity index (χ4n) is 2.40. The van der Waals surface area contributed by atoms with Crippen LogP contribution in [0.1, 0.15) is 30.2 Å². The number of fused-ring (bicyclic) bond motifs is 1. The molecule has 0 saturated heterocycles. The molecule has 0 spiro atoms. The average molecular weight is 324 g/mol. The fourth-order valence-corrected chi connectivity index (χ4v) is 2.40.